The molecule has 1 fully saturated rings. The highest BCUT2D eigenvalue weighted by molar-refractivity contribution is 8.01. The van der Waals surface area contributed by atoms with E-state index in [-0.39, 0.29) is 17.2 Å². The Morgan fingerprint density at radius 2 is 2.12 bits per heavy atom. The lowest BCUT2D eigenvalue weighted by atomic mass is 9.97. The summed E-state index contributed by atoms with van der Waals surface area (Å²) in [5.41, 5.74) is -1.07. The minimum atomic E-state index is -1.79. The number of β-lactam (4-membered cyclic amide) rings is 1. The summed E-state index contributed by atoms with van der Waals surface area (Å²) in [6, 6.07) is 8.25. The molecular weight excluding hydrogens is 472 g/mol. The third-order valence-corrected chi connectivity index (χ3v) is 7.73. The topological polar surface area (TPSA) is 160 Å². The van der Waals surface area contributed by atoms with Crippen molar-refractivity contribution < 1.29 is 29.3 Å². The van der Waals surface area contributed by atoms with E-state index in [9.17, 15) is 24.6 Å². The Balaban J connectivity index is 1.55. The van der Waals surface area contributed by atoms with Crippen molar-refractivity contribution in [3.8, 4) is 0 Å². The molecule has 2 amide bonds. The fraction of sp³-hybridized carbons (Fsp3) is 0.368. The summed E-state index contributed by atoms with van der Waals surface area (Å²) in [7, 11) is 2.92. The van der Waals surface area contributed by atoms with Crippen LogP contribution in [0.25, 0.3) is 0 Å². The number of aliphatic hydroxyl groups is 1. The Kier molecular flexibility index (Phi) is 6.43. The fourth-order valence-electron chi connectivity index (χ4n) is 3.59. The van der Waals surface area contributed by atoms with Gasteiger partial charge in [-0.15, -0.1) is 16.9 Å². The van der Waals surface area contributed by atoms with Crippen LogP contribution in [-0.2, 0) is 26.2 Å². The van der Waals surface area contributed by atoms with Crippen molar-refractivity contribution >= 4 is 41.3 Å². The minimum Gasteiger partial charge on any atom is -0.477 e. The minimum absolute atomic E-state index is 0.156. The molecule has 12 nitrogen and oxygen atoms in total. The number of ether oxygens (including phenoxy) is 1. The summed E-state index contributed by atoms with van der Waals surface area (Å²) in [6.07, 6.45) is -1.52. The molecule has 2 aliphatic heterocycles. The Morgan fingerprint density at radius 1 is 1.39 bits per heavy atom. The number of aliphatic hydroxyl groups excluding tert-OH is 1. The van der Waals surface area contributed by atoms with Crippen molar-refractivity contribution in [2.75, 3.05) is 18.6 Å². The van der Waals surface area contributed by atoms with E-state index < -0.39 is 35.0 Å². The van der Waals surface area contributed by atoms with Crippen LogP contribution < -0.4 is 5.32 Å². The van der Waals surface area contributed by atoms with E-state index in [0.717, 1.165) is 4.90 Å². The molecule has 0 saturated carbocycles. The number of amides is 2. The first kappa shape index (κ1) is 23.2. The van der Waals surface area contributed by atoms with Crippen molar-refractivity contribution in [3.63, 3.8) is 0 Å². The summed E-state index contributed by atoms with van der Waals surface area (Å²) in [5.74, 6) is -2.26. The number of carboxylic acid groups (broad SMARTS) is 1. The lowest BCUT2D eigenvalue weighted by molar-refractivity contribution is -0.193. The number of rotatable bonds is 8. The molecule has 1 aromatic heterocycles. The van der Waals surface area contributed by atoms with Crippen molar-refractivity contribution in [1.29, 1.82) is 0 Å². The van der Waals surface area contributed by atoms with Crippen LogP contribution in [0.5, 0.6) is 0 Å². The third kappa shape index (κ3) is 3.99. The van der Waals surface area contributed by atoms with Crippen LogP contribution in [0.4, 0.5) is 0 Å². The number of aliphatic carboxylic acids is 1. The van der Waals surface area contributed by atoms with Crippen LogP contribution in [0.15, 0.2) is 46.8 Å². The summed E-state index contributed by atoms with van der Waals surface area (Å²) in [4.78, 5) is 39.0. The normalized spacial score (nSPS) is 23.1. The first-order valence-electron chi connectivity index (χ1n) is 9.66. The molecule has 3 atom stereocenters. The van der Waals surface area contributed by atoms with E-state index in [0.29, 0.717) is 16.3 Å². The second-order valence-corrected chi connectivity index (χ2v) is 9.22. The number of aromatic nitrogens is 4. The number of nitrogens with zero attached hydrogens (tertiary/aromatic N) is 5. The molecule has 2 unspecified atom stereocenters. The molecule has 4 rings (SSSR count). The van der Waals surface area contributed by atoms with Crippen molar-refractivity contribution in [2.24, 2.45) is 7.05 Å². The summed E-state index contributed by atoms with van der Waals surface area (Å²) in [6.45, 7) is 0. The van der Waals surface area contributed by atoms with Gasteiger partial charge in [0.05, 0.1) is 0 Å². The first-order valence-corrected chi connectivity index (χ1v) is 11.7. The maximum Gasteiger partial charge on any atom is 0.352 e. The van der Waals surface area contributed by atoms with Gasteiger partial charge in [0.1, 0.15) is 11.1 Å². The highest BCUT2D eigenvalue weighted by Gasteiger charge is 2.66. The Morgan fingerprint density at radius 3 is 2.73 bits per heavy atom. The smallest absolute Gasteiger partial charge is 0.352 e. The summed E-state index contributed by atoms with van der Waals surface area (Å²) < 4.78 is 6.87. The van der Waals surface area contributed by atoms with Gasteiger partial charge < -0.3 is 20.3 Å². The lowest BCUT2D eigenvalue weighted by Gasteiger charge is -2.55. The van der Waals surface area contributed by atoms with Crippen LogP contribution in [0.3, 0.4) is 0 Å². The van der Waals surface area contributed by atoms with Gasteiger partial charge in [-0.05, 0) is 21.6 Å². The van der Waals surface area contributed by atoms with Gasteiger partial charge >= 0.3 is 5.97 Å². The molecule has 174 valence electrons. The number of carboxylic acids is 1. The molecular formula is C19H20N6O6S2. The third-order valence-electron chi connectivity index (χ3n) is 5.26. The number of aryl methyl sites for hydroxylation is 1. The standard InChI is InChI=1S/C19H20N6O6S2/c1-24-18(21-22-23-24)33-9-11-8-32-17-19(31-2,16(30)25(17)12(11)15(28)29)20-14(27)13(26)10-6-4-3-5-7-10/h3-7,13,17,26H,8-9H2,1-2H3,(H,20,27)(H,28,29)/t13?,17-,19?/m0/s1. The molecule has 2 aliphatic rings. The van der Waals surface area contributed by atoms with E-state index >= 15 is 0 Å². The monoisotopic (exact) mass is 492 g/mol. The molecule has 3 heterocycles. The summed E-state index contributed by atoms with van der Waals surface area (Å²) in [5, 5.41) is 33.6. The maximum absolute atomic E-state index is 13.1. The Hall–Kier alpha value is -2.94. The number of carbonyl (C=O) groups is 3. The molecule has 1 aromatic carbocycles. The molecule has 2 aromatic rings. The number of methoxy groups -OCH3 is 1. The number of tetrazole rings is 1. The van der Waals surface area contributed by atoms with E-state index in [1.54, 1.807) is 37.4 Å². The molecule has 33 heavy (non-hydrogen) atoms. The molecule has 0 radical (unpaired) electrons. The molecule has 3 N–H and O–H groups in total. The summed E-state index contributed by atoms with van der Waals surface area (Å²) >= 11 is 2.51. The quantitative estimate of drug-likeness (QED) is 0.253. The van der Waals surface area contributed by atoms with Crippen molar-refractivity contribution in [1.82, 2.24) is 30.4 Å². The zero-order valence-corrected chi connectivity index (χ0v) is 19.2. The molecule has 1 saturated heterocycles. The van der Waals surface area contributed by atoms with Gasteiger partial charge in [-0.1, -0.05) is 42.1 Å². The highest BCUT2D eigenvalue weighted by Crippen LogP contribution is 2.47. The van der Waals surface area contributed by atoms with Gasteiger partial charge in [0.2, 0.25) is 5.16 Å². The Labute approximate surface area is 196 Å². The van der Waals surface area contributed by atoms with E-state index in [4.69, 9.17) is 4.74 Å². The fourth-order valence-corrected chi connectivity index (χ4v) is 6.02. The predicted molar refractivity (Wildman–Crippen MR) is 117 cm³/mol. The highest BCUT2D eigenvalue weighted by atomic mass is 32.2. The maximum atomic E-state index is 13.1. The zero-order chi connectivity index (χ0) is 23.8. The van der Waals surface area contributed by atoms with E-state index in [1.165, 1.54) is 35.3 Å². The predicted octanol–water partition coefficient (Wildman–Crippen LogP) is -0.252. The number of nitrogens with one attached hydrogen (secondary N) is 1. The van der Waals surface area contributed by atoms with Gasteiger partial charge in [-0.3, -0.25) is 14.5 Å². The number of hydrogen-bond donors (Lipinski definition) is 3. The van der Waals surface area contributed by atoms with Crippen LogP contribution in [0, 0.1) is 0 Å². The number of thioether (sulfide) groups is 2. The second-order valence-electron chi connectivity index (χ2n) is 7.21. The van der Waals surface area contributed by atoms with E-state index in [2.05, 4.69) is 20.8 Å². The average molecular weight is 493 g/mol. The molecule has 14 heteroatoms. The van der Waals surface area contributed by atoms with E-state index in [1.807, 2.05) is 0 Å². The van der Waals surface area contributed by atoms with Gasteiger partial charge in [-0.2, -0.15) is 0 Å². The average Bonchev–Trinajstić information content (AvgIpc) is 3.24. The number of benzene rings is 1. The van der Waals surface area contributed by atoms with Crippen LogP contribution in [-0.4, -0.2) is 82.8 Å². The lowest BCUT2D eigenvalue weighted by Crippen LogP contribution is -2.81. The van der Waals surface area contributed by atoms with Gasteiger partial charge in [0, 0.05) is 25.7 Å². The van der Waals surface area contributed by atoms with Gasteiger partial charge in [-0.25, -0.2) is 9.48 Å². The molecule has 0 aliphatic carbocycles. The number of hydrogen-bond acceptors (Lipinski definition) is 10. The number of carbonyl (C=O) groups excluding carboxylic acids is 2. The first-order chi connectivity index (χ1) is 15.8. The SMILES string of the molecule is COC1(NC(=O)C(O)c2ccccc2)C(=O)N2C(C(=O)O)=C(CSc3nnnn3C)CS[C@H]21. The van der Waals surface area contributed by atoms with Gasteiger partial charge in [0.15, 0.2) is 6.10 Å². The zero-order valence-electron chi connectivity index (χ0n) is 17.5. The Bertz CT molecular complexity index is 1120. The van der Waals surface area contributed by atoms with Crippen LogP contribution >= 0.6 is 23.5 Å². The largest absolute Gasteiger partial charge is 0.477 e. The molecule has 0 bridgehead atoms. The van der Waals surface area contributed by atoms with Crippen molar-refractivity contribution in [2.45, 2.75) is 22.4 Å². The van der Waals surface area contributed by atoms with Gasteiger partial charge in [0.25, 0.3) is 17.5 Å². The second kappa shape index (κ2) is 9.13. The van der Waals surface area contributed by atoms with Crippen LogP contribution in [0.2, 0.25) is 0 Å². The number of fused-ring (bicyclic) bond motifs is 1. The van der Waals surface area contributed by atoms with Crippen molar-refractivity contribution in [3.05, 3.63) is 47.2 Å². The molecule has 0 spiro atoms. The van der Waals surface area contributed by atoms with Crippen LogP contribution in [0.1, 0.15) is 11.7 Å².